The molecule has 1 atom stereocenters. The lowest BCUT2D eigenvalue weighted by Crippen LogP contribution is -2.37. The second kappa shape index (κ2) is 7.63. The number of benzene rings is 1. The smallest absolute Gasteiger partial charge is 0.421 e. The van der Waals surface area contributed by atoms with E-state index in [9.17, 15) is 22.8 Å². The monoisotopic (exact) mass is 368 g/mol. The van der Waals surface area contributed by atoms with E-state index in [2.05, 4.69) is 0 Å². The van der Waals surface area contributed by atoms with Crippen molar-refractivity contribution in [3.63, 3.8) is 0 Å². The molecule has 1 unspecified atom stereocenters. The summed E-state index contributed by atoms with van der Waals surface area (Å²) in [5.41, 5.74) is -1.70. The van der Waals surface area contributed by atoms with Crippen molar-refractivity contribution in [1.29, 1.82) is 0 Å². The summed E-state index contributed by atoms with van der Waals surface area (Å²) >= 11 is 0. The van der Waals surface area contributed by atoms with E-state index in [0.717, 1.165) is 16.2 Å². The van der Waals surface area contributed by atoms with Gasteiger partial charge in [0.2, 0.25) is 5.91 Å². The summed E-state index contributed by atoms with van der Waals surface area (Å²) in [7, 11) is 3.08. The van der Waals surface area contributed by atoms with E-state index in [1.54, 1.807) is 38.3 Å². The molecule has 2 aromatic rings. The number of nitrogens with zero attached hydrogens (tertiary/aromatic N) is 2. The number of pyridine rings is 1. The van der Waals surface area contributed by atoms with E-state index in [1.165, 1.54) is 18.1 Å². The lowest BCUT2D eigenvalue weighted by Gasteiger charge is -2.26. The molecular formula is C18H19F3N2O3. The molecule has 0 fully saturated rings. The second-order valence-corrected chi connectivity index (χ2v) is 5.81. The molecular weight excluding hydrogens is 349 g/mol. The van der Waals surface area contributed by atoms with E-state index in [1.807, 2.05) is 0 Å². The van der Waals surface area contributed by atoms with Gasteiger partial charge >= 0.3 is 6.18 Å². The molecule has 140 valence electrons. The van der Waals surface area contributed by atoms with Crippen LogP contribution in [0, 0.1) is 0 Å². The van der Waals surface area contributed by atoms with Gasteiger partial charge in [0.25, 0.3) is 5.56 Å². The first kappa shape index (κ1) is 19.6. The first-order chi connectivity index (χ1) is 12.1. The largest absolute Gasteiger partial charge is 0.497 e. The Labute approximate surface area is 148 Å². The molecule has 0 N–H and O–H groups in total. The van der Waals surface area contributed by atoms with Gasteiger partial charge in [-0.15, -0.1) is 0 Å². The van der Waals surface area contributed by atoms with Gasteiger partial charge in [0.1, 0.15) is 17.9 Å². The van der Waals surface area contributed by atoms with Gasteiger partial charge < -0.3 is 14.2 Å². The van der Waals surface area contributed by atoms with Gasteiger partial charge in [-0.1, -0.05) is 12.1 Å². The molecule has 1 heterocycles. The number of ether oxygens (including phenoxy) is 1. The Morgan fingerprint density at radius 1 is 1.23 bits per heavy atom. The molecule has 5 nitrogen and oxygen atoms in total. The first-order valence-corrected chi connectivity index (χ1v) is 7.81. The molecule has 2 rings (SSSR count). The normalized spacial score (nSPS) is 12.5. The highest BCUT2D eigenvalue weighted by Gasteiger charge is 2.34. The summed E-state index contributed by atoms with van der Waals surface area (Å²) in [5.74, 6) is 0.195. The van der Waals surface area contributed by atoms with E-state index in [-0.39, 0.29) is 6.04 Å². The van der Waals surface area contributed by atoms with E-state index >= 15 is 0 Å². The molecule has 0 aliphatic carbocycles. The standard InChI is InChI=1S/C18H19F3N2O3/c1-12(13-6-8-14(26-3)9-7-13)22(2)16(24)11-23-10-4-5-15(17(23)25)18(19,20)21/h4-10,12H,11H2,1-3H3. The van der Waals surface area contributed by atoms with Gasteiger partial charge in [0.15, 0.2) is 0 Å². The maximum absolute atomic E-state index is 12.8. The van der Waals surface area contributed by atoms with Gasteiger partial charge in [-0.2, -0.15) is 13.2 Å². The topological polar surface area (TPSA) is 51.5 Å². The Bertz CT molecular complexity index is 829. The van der Waals surface area contributed by atoms with Crippen molar-refractivity contribution in [3.05, 3.63) is 64.1 Å². The van der Waals surface area contributed by atoms with Gasteiger partial charge in [0.05, 0.1) is 13.2 Å². The zero-order valence-electron chi connectivity index (χ0n) is 14.6. The van der Waals surface area contributed by atoms with Crippen LogP contribution in [0.4, 0.5) is 13.2 Å². The molecule has 0 aliphatic rings. The van der Waals surface area contributed by atoms with Crippen LogP contribution in [-0.2, 0) is 17.5 Å². The molecule has 0 bridgehead atoms. The molecule has 0 aliphatic heterocycles. The number of aromatic nitrogens is 1. The summed E-state index contributed by atoms with van der Waals surface area (Å²) in [5, 5.41) is 0. The second-order valence-electron chi connectivity index (χ2n) is 5.81. The Balaban J connectivity index is 2.17. The predicted molar refractivity (Wildman–Crippen MR) is 89.9 cm³/mol. The van der Waals surface area contributed by atoms with Crippen molar-refractivity contribution in [2.24, 2.45) is 0 Å². The van der Waals surface area contributed by atoms with Crippen LogP contribution < -0.4 is 10.3 Å². The van der Waals surface area contributed by atoms with Crippen molar-refractivity contribution >= 4 is 5.91 Å². The highest BCUT2D eigenvalue weighted by molar-refractivity contribution is 5.76. The number of rotatable bonds is 5. The van der Waals surface area contributed by atoms with Crippen LogP contribution in [0.1, 0.15) is 24.1 Å². The maximum atomic E-state index is 12.8. The first-order valence-electron chi connectivity index (χ1n) is 7.81. The zero-order chi connectivity index (χ0) is 19.5. The minimum Gasteiger partial charge on any atom is -0.497 e. The van der Waals surface area contributed by atoms with Gasteiger partial charge in [0, 0.05) is 13.2 Å². The molecule has 1 amide bonds. The van der Waals surface area contributed by atoms with Crippen LogP contribution in [-0.4, -0.2) is 29.5 Å². The van der Waals surface area contributed by atoms with Crippen LogP contribution in [0.15, 0.2) is 47.4 Å². The lowest BCUT2D eigenvalue weighted by atomic mass is 10.1. The average Bonchev–Trinajstić information content (AvgIpc) is 2.61. The Kier molecular flexibility index (Phi) is 5.74. The van der Waals surface area contributed by atoms with Gasteiger partial charge in [-0.3, -0.25) is 9.59 Å². The quantitative estimate of drug-likeness (QED) is 0.815. The summed E-state index contributed by atoms with van der Waals surface area (Å²) in [6.07, 6.45) is -3.59. The number of amides is 1. The average molecular weight is 368 g/mol. The number of hydrogen-bond acceptors (Lipinski definition) is 3. The summed E-state index contributed by atoms with van der Waals surface area (Å²) in [4.78, 5) is 25.7. The Morgan fingerprint density at radius 2 is 1.85 bits per heavy atom. The molecule has 0 radical (unpaired) electrons. The number of alkyl halides is 3. The van der Waals surface area contributed by atoms with Gasteiger partial charge in [-0.25, -0.2) is 0 Å². The van der Waals surface area contributed by atoms with Crippen LogP contribution >= 0.6 is 0 Å². The number of hydrogen-bond donors (Lipinski definition) is 0. The zero-order valence-corrected chi connectivity index (χ0v) is 14.6. The fraction of sp³-hybridized carbons (Fsp3) is 0.333. The number of carbonyl (C=O) groups is 1. The highest BCUT2D eigenvalue weighted by Crippen LogP contribution is 2.26. The third kappa shape index (κ3) is 4.25. The molecule has 0 saturated carbocycles. The fourth-order valence-electron chi connectivity index (χ4n) is 2.46. The fourth-order valence-corrected chi connectivity index (χ4v) is 2.46. The van der Waals surface area contributed by atoms with Crippen LogP contribution in [0.2, 0.25) is 0 Å². The number of carbonyl (C=O) groups excluding carboxylic acids is 1. The Morgan fingerprint density at radius 3 is 2.38 bits per heavy atom. The third-order valence-corrected chi connectivity index (χ3v) is 4.20. The van der Waals surface area contributed by atoms with Crippen LogP contribution in [0.5, 0.6) is 5.75 Å². The number of methoxy groups -OCH3 is 1. The van der Waals surface area contributed by atoms with E-state index in [4.69, 9.17) is 4.74 Å². The van der Waals surface area contributed by atoms with Crippen LogP contribution in [0.3, 0.4) is 0 Å². The number of likely N-dealkylation sites (N-methyl/N-ethyl adjacent to an activating group) is 1. The molecule has 1 aromatic heterocycles. The molecule has 1 aromatic carbocycles. The van der Waals surface area contributed by atoms with E-state index < -0.39 is 29.8 Å². The molecule has 0 spiro atoms. The third-order valence-electron chi connectivity index (χ3n) is 4.20. The molecule has 26 heavy (non-hydrogen) atoms. The van der Waals surface area contributed by atoms with Crippen molar-refractivity contribution in [1.82, 2.24) is 9.47 Å². The summed E-state index contributed by atoms with van der Waals surface area (Å²) in [6.45, 7) is 1.31. The van der Waals surface area contributed by atoms with Crippen molar-refractivity contribution in [2.45, 2.75) is 25.7 Å². The van der Waals surface area contributed by atoms with Crippen molar-refractivity contribution in [2.75, 3.05) is 14.2 Å². The van der Waals surface area contributed by atoms with Gasteiger partial charge in [-0.05, 0) is 36.8 Å². The van der Waals surface area contributed by atoms with Crippen LogP contribution in [0.25, 0.3) is 0 Å². The van der Waals surface area contributed by atoms with Crippen molar-refractivity contribution < 1.29 is 22.7 Å². The van der Waals surface area contributed by atoms with Crippen molar-refractivity contribution in [3.8, 4) is 5.75 Å². The minimum atomic E-state index is -4.76. The highest BCUT2D eigenvalue weighted by atomic mass is 19.4. The predicted octanol–water partition coefficient (Wildman–Crippen LogP) is 3.10. The lowest BCUT2D eigenvalue weighted by molar-refractivity contribution is -0.139. The Hall–Kier alpha value is -2.77. The molecule has 8 heteroatoms. The summed E-state index contributed by atoms with van der Waals surface area (Å²) in [6, 6.07) is 8.57. The molecule has 0 saturated heterocycles. The SMILES string of the molecule is COc1ccc(C(C)N(C)C(=O)Cn2cccc(C(F)(F)F)c2=O)cc1. The number of halogens is 3. The maximum Gasteiger partial charge on any atom is 0.421 e. The summed E-state index contributed by atoms with van der Waals surface area (Å²) < 4.78 is 44.3. The van der Waals surface area contributed by atoms with E-state index in [0.29, 0.717) is 11.8 Å². The minimum absolute atomic E-state index is 0.324.